The first-order valence-electron chi connectivity index (χ1n) is 8.81. The van der Waals surface area contributed by atoms with Crippen LogP contribution in [0.3, 0.4) is 0 Å². The van der Waals surface area contributed by atoms with Gasteiger partial charge in [-0.15, -0.1) is 24.8 Å². The molecule has 5 nitrogen and oxygen atoms in total. The lowest BCUT2D eigenvalue weighted by atomic mass is 10.1. The summed E-state index contributed by atoms with van der Waals surface area (Å²) in [6, 6.07) is 6.61. The minimum Gasteiger partial charge on any atom is -0.356 e. The number of benzene rings is 1. The molecule has 0 unspecified atom stereocenters. The minimum absolute atomic E-state index is 0. The van der Waals surface area contributed by atoms with Crippen molar-refractivity contribution in [3.8, 4) is 0 Å². The van der Waals surface area contributed by atoms with Crippen LogP contribution in [0, 0.1) is 0 Å². The van der Waals surface area contributed by atoms with Crippen molar-refractivity contribution in [2.45, 2.75) is 32.0 Å². The topological polar surface area (TPSA) is 71.2 Å². The highest BCUT2D eigenvalue weighted by molar-refractivity contribution is 6.07. The molecule has 160 valence electrons. The van der Waals surface area contributed by atoms with Crippen LogP contribution < -0.4 is 16.0 Å². The Hall–Kier alpha value is -2.03. The van der Waals surface area contributed by atoms with Gasteiger partial charge in [0.2, 0.25) is 0 Å². The van der Waals surface area contributed by atoms with E-state index in [1.54, 1.807) is 18.3 Å². The molecule has 0 radical (unpaired) electrons. The van der Waals surface area contributed by atoms with Crippen molar-refractivity contribution in [1.29, 1.82) is 0 Å². The van der Waals surface area contributed by atoms with Crippen LogP contribution in [0.15, 0.2) is 36.5 Å². The first kappa shape index (κ1) is 25.0. The van der Waals surface area contributed by atoms with Crippen LogP contribution in [0.4, 0.5) is 24.7 Å². The molecule has 1 fully saturated rings. The summed E-state index contributed by atoms with van der Waals surface area (Å²) in [5.41, 5.74) is 5.35. The average molecular weight is 451 g/mol. The molecular weight excluding hydrogens is 428 g/mol. The van der Waals surface area contributed by atoms with Crippen molar-refractivity contribution >= 4 is 42.2 Å². The van der Waals surface area contributed by atoms with Gasteiger partial charge in [-0.25, -0.2) is 4.98 Å². The van der Waals surface area contributed by atoms with Gasteiger partial charge >= 0.3 is 6.18 Å². The van der Waals surface area contributed by atoms with E-state index in [1.165, 1.54) is 6.07 Å². The second-order valence-electron chi connectivity index (χ2n) is 6.50. The molecule has 10 heteroatoms. The maximum atomic E-state index is 13.1. The Morgan fingerprint density at radius 1 is 1.14 bits per heavy atom. The van der Waals surface area contributed by atoms with Crippen LogP contribution in [0.25, 0.3) is 0 Å². The van der Waals surface area contributed by atoms with E-state index in [2.05, 4.69) is 10.3 Å². The number of amides is 1. The Morgan fingerprint density at radius 3 is 2.45 bits per heavy atom. The van der Waals surface area contributed by atoms with E-state index >= 15 is 0 Å². The number of nitrogens with one attached hydrogen (secondary N) is 1. The summed E-state index contributed by atoms with van der Waals surface area (Å²) in [7, 11) is 0. The number of carbonyl (C=O) groups excluding carboxylic acids is 1. The van der Waals surface area contributed by atoms with Gasteiger partial charge in [-0.2, -0.15) is 13.2 Å². The van der Waals surface area contributed by atoms with E-state index in [1.807, 2.05) is 4.90 Å². The van der Waals surface area contributed by atoms with Gasteiger partial charge in [0.15, 0.2) is 0 Å². The Morgan fingerprint density at radius 2 is 1.83 bits per heavy atom. The zero-order chi connectivity index (χ0) is 19.4. The molecule has 1 aliphatic heterocycles. The SMILES string of the molecule is Cl.Cl.NCc1cc(NC(=O)c2cccnc2N2CCCCC2)cc(C(F)(F)F)c1. The summed E-state index contributed by atoms with van der Waals surface area (Å²) in [5, 5.41) is 2.56. The summed E-state index contributed by atoms with van der Waals surface area (Å²) in [5.74, 6) is 0.0618. The third kappa shape index (κ3) is 6.22. The number of piperidine rings is 1. The van der Waals surface area contributed by atoms with E-state index < -0.39 is 17.6 Å². The van der Waals surface area contributed by atoms with Crippen molar-refractivity contribution in [1.82, 2.24) is 4.98 Å². The highest BCUT2D eigenvalue weighted by Gasteiger charge is 2.31. The molecular formula is C19H23Cl2F3N4O. The number of carbonyl (C=O) groups is 1. The predicted molar refractivity (Wildman–Crippen MR) is 112 cm³/mol. The second-order valence-corrected chi connectivity index (χ2v) is 6.50. The van der Waals surface area contributed by atoms with Crippen LogP contribution >= 0.6 is 24.8 Å². The fourth-order valence-corrected chi connectivity index (χ4v) is 3.18. The molecule has 0 aliphatic carbocycles. The lowest BCUT2D eigenvalue weighted by Gasteiger charge is -2.29. The number of anilines is 2. The van der Waals surface area contributed by atoms with Crippen molar-refractivity contribution in [2.24, 2.45) is 5.73 Å². The highest BCUT2D eigenvalue weighted by Crippen LogP contribution is 2.32. The lowest BCUT2D eigenvalue weighted by Crippen LogP contribution is -2.32. The number of pyridine rings is 1. The second kappa shape index (κ2) is 10.7. The highest BCUT2D eigenvalue weighted by atomic mass is 35.5. The quantitative estimate of drug-likeness (QED) is 0.711. The van der Waals surface area contributed by atoms with Crippen LogP contribution in [0.1, 0.15) is 40.7 Å². The molecule has 1 aromatic heterocycles. The number of halogens is 5. The molecule has 3 N–H and O–H groups in total. The number of aromatic nitrogens is 1. The smallest absolute Gasteiger partial charge is 0.356 e. The Bertz CT molecular complexity index is 827. The molecule has 1 saturated heterocycles. The number of nitrogens with zero attached hydrogens (tertiary/aromatic N) is 2. The Kier molecular flexibility index (Phi) is 9.19. The predicted octanol–water partition coefficient (Wildman–Crippen LogP) is 4.65. The molecule has 0 bridgehead atoms. The molecule has 1 amide bonds. The van der Waals surface area contributed by atoms with Gasteiger partial charge in [-0.3, -0.25) is 4.79 Å². The largest absolute Gasteiger partial charge is 0.416 e. The van der Waals surface area contributed by atoms with E-state index in [0.717, 1.165) is 44.5 Å². The molecule has 1 aliphatic rings. The number of nitrogens with two attached hydrogens (primary N) is 1. The first-order valence-corrected chi connectivity index (χ1v) is 8.81. The molecule has 0 atom stereocenters. The molecule has 0 saturated carbocycles. The van der Waals surface area contributed by atoms with Gasteiger partial charge < -0.3 is 16.0 Å². The van der Waals surface area contributed by atoms with Crippen molar-refractivity contribution in [2.75, 3.05) is 23.3 Å². The van der Waals surface area contributed by atoms with E-state index in [4.69, 9.17) is 5.73 Å². The molecule has 0 spiro atoms. The number of hydrogen-bond donors (Lipinski definition) is 2. The third-order valence-corrected chi connectivity index (χ3v) is 4.50. The maximum absolute atomic E-state index is 13.1. The van der Waals surface area contributed by atoms with E-state index in [9.17, 15) is 18.0 Å². The van der Waals surface area contributed by atoms with Gasteiger partial charge in [0, 0.05) is 31.5 Å². The zero-order valence-corrected chi connectivity index (χ0v) is 17.2. The third-order valence-electron chi connectivity index (χ3n) is 4.50. The molecule has 2 aromatic rings. The van der Waals surface area contributed by atoms with Crippen molar-refractivity contribution < 1.29 is 18.0 Å². The van der Waals surface area contributed by atoms with Gasteiger partial charge in [0.1, 0.15) is 5.82 Å². The van der Waals surface area contributed by atoms with Gasteiger partial charge in [0.25, 0.3) is 5.91 Å². The molecule has 2 heterocycles. The zero-order valence-electron chi connectivity index (χ0n) is 15.5. The Balaban J connectivity index is 0.00000210. The summed E-state index contributed by atoms with van der Waals surface area (Å²) in [6.07, 6.45) is 0.267. The summed E-state index contributed by atoms with van der Waals surface area (Å²) in [4.78, 5) is 19.1. The summed E-state index contributed by atoms with van der Waals surface area (Å²) >= 11 is 0. The number of alkyl halides is 3. The molecule has 1 aromatic carbocycles. The monoisotopic (exact) mass is 450 g/mol. The minimum atomic E-state index is -4.52. The van der Waals surface area contributed by atoms with Crippen LogP contribution in [0.5, 0.6) is 0 Å². The van der Waals surface area contributed by atoms with E-state index in [-0.39, 0.29) is 37.0 Å². The fourth-order valence-electron chi connectivity index (χ4n) is 3.18. The average Bonchev–Trinajstić information content (AvgIpc) is 2.67. The van der Waals surface area contributed by atoms with Gasteiger partial charge in [-0.1, -0.05) is 0 Å². The normalized spacial score (nSPS) is 13.9. The number of hydrogen-bond acceptors (Lipinski definition) is 4. The van der Waals surface area contributed by atoms with Gasteiger partial charge in [0.05, 0.1) is 11.1 Å². The van der Waals surface area contributed by atoms with Crippen LogP contribution in [-0.4, -0.2) is 24.0 Å². The number of rotatable bonds is 4. The van der Waals surface area contributed by atoms with Crippen LogP contribution in [0.2, 0.25) is 0 Å². The molecule has 3 rings (SSSR count). The maximum Gasteiger partial charge on any atom is 0.416 e. The van der Waals surface area contributed by atoms with Crippen LogP contribution in [-0.2, 0) is 12.7 Å². The van der Waals surface area contributed by atoms with Crippen molar-refractivity contribution in [3.05, 3.63) is 53.2 Å². The van der Waals surface area contributed by atoms with Gasteiger partial charge in [-0.05, 0) is 55.2 Å². The first-order chi connectivity index (χ1) is 12.9. The van der Waals surface area contributed by atoms with Crippen molar-refractivity contribution in [3.63, 3.8) is 0 Å². The summed E-state index contributed by atoms with van der Waals surface area (Å²) < 4.78 is 39.2. The molecule has 29 heavy (non-hydrogen) atoms. The standard InChI is InChI=1S/C19H21F3N4O.2ClH/c20-19(21,22)14-9-13(12-23)10-15(11-14)25-18(27)16-5-4-6-24-17(16)26-7-2-1-3-8-26;;/h4-6,9-11H,1-3,7-8,12,23H2,(H,25,27);2*1H. The fraction of sp³-hybridized carbons (Fsp3) is 0.368. The van der Waals surface area contributed by atoms with E-state index in [0.29, 0.717) is 16.9 Å². The Labute approximate surface area is 179 Å². The summed E-state index contributed by atoms with van der Waals surface area (Å²) in [6.45, 7) is 1.55. The lowest BCUT2D eigenvalue weighted by molar-refractivity contribution is -0.137.